The van der Waals surface area contributed by atoms with E-state index >= 15 is 0 Å². The van der Waals surface area contributed by atoms with Crippen LogP contribution in [0.1, 0.15) is 41.8 Å². The summed E-state index contributed by atoms with van der Waals surface area (Å²) in [5.41, 5.74) is 2.36. The molecule has 1 aliphatic rings. The van der Waals surface area contributed by atoms with Crippen molar-refractivity contribution in [1.82, 2.24) is 0 Å². The zero-order valence-electron chi connectivity index (χ0n) is 17.9. The molecular formula is C23H23NO7S2. The number of thiophene rings is 2. The lowest BCUT2D eigenvalue weighted by Crippen LogP contribution is -2.41. The van der Waals surface area contributed by atoms with Gasteiger partial charge in [-0.15, -0.1) is 22.7 Å². The van der Waals surface area contributed by atoms with E-state index < -0.39 is 24.6 Å². The Morgan fingerprint density at radius 1 is 1.12 bits per heavy atom. The van der Waals surface area contributed by atoms with Gasteiger partial charge in [0.05, 0.1) is 16.5 Å². The largest absolute Gasteiger partial charge is 0.479 e. The highest BCUT2D eigenvalue weighted by Gasteiger charge is 2.28. The van der Waals surface area contributed by atoms with Crippen LogP contribution in [0.25, 0.3) is 20.5 Å². The second-order valence-corrected chi connectivity index (χ2v) is 9.64. The highest BCUT2D eigenvalue weighted by molar-refractivity contribution is 7.29. The minimum Gasteiger partial charge on any atom is -0.479 e. The molecule has 1 aromatic carbocycles. The third-order valence-electron chi connectivity index (χ3n) is 5.64. The number of fused-ring (bicyclic) bond motifs is 1. The molecule has 10 heteroatoms. The van der Waals surface area contributed by atoms with E-state index in [0.29, 0.717) is 9.40 Å². The van der Waals surface area contributed by atoms with Gasteiger partial charge in [-0.05, 0) is 30.5 Å². The second-order valence-electron chi connectivity index (χ2n) is 7.74. The molecule has 1 fully saturated rings. The van der Waals surface area contributed by atoms with E-state index in [2.05, 4.69) is 0 Å². The molecule has 0 aliphatic heterocycles. The molecule has 0 unspecified atom stereocenters. The molecule has 3 aromatic rings. The molecule has 8 nitrogen and oxygen atoms in total. The van der Waals surface area contributed by atoms with Crippen LogP contribution in [-0.4, -0.2) is 48.0 Å². The molecule has 2 aromatic heterocycles. The van der Waals surface area contributed by atoms with E-state index in [9.17, 15) is 19.5 Å². The number of carbonyl (C=O) groups excluding carboxylic acids is 1. The highest BCUT2D eigenvalue weighted by atomic mass is 32.1. The van der Waals surface area contributed by atoms with Crippen LogP contribution in [0.5, 0.6) is 5.75 Å². The summed E-state index contributed by atoms with van der Waals surface area (Å²) in [6.45, 7) is -0.621. The molecule has 0 atom stereocenters. The summed E-state index contributed by atoms with van der Waals surface area (Å²) in [4.78, 5) is 37.0. The van der Waals surface area contributed by atoms with E-state index in [1.165, 1.54) is 18.4 Å². The van der Waals surface area contributed by atoms with Crippen molar-refractivity contribution in [3.8, 4) is 16.9 Å². The molecule has 0 radical (unpaired) electrons. The predicted molar refractivity (Wildman–Crippen MR) is 127 cm³/mol. The standard InChI is InChI=1S/C23H23NO7S2/c1-30-23(29)24(14-7-3-2-4-8-14)15-9-5-6-13(10-15)16-12-32-20-18(31-11-17(25)26)21(22(27)28)33-19(16)20/h5-6,9-10,12,14H,2-4,7-8,11H2,1H3,(H,25,26)(H,27,28). The van der Waals surface area contributed by atoms with Gasteiger partial charge in [0, 0.05) is 22.7 Å². The Balaban J connectivity index is 1.75. The Labute approximate surface area is 198 Å². The molecule has 2 heterocycles. The van der Waals surface area contributed by atoms with Crippen LogP contribution in [0.4, 0.5) is 10.5 Å². The van der Waals surface area contributed by atoms with E-state index in [4.69, 9.17) is 14.6 Å². The van der Waals surface area contributed by atoms with Crippen molar-refractivity contribution in [1.29, 1.82) is 0 Å². The number of methoxy groups -OCH3 is 1. The van der Waals surface area contributed by atoms with Gasteiger partial charge in [0.25, 0.3) is 0 Å². The topological polar surface area (TPSA) is 113 Å². The number of ether oxygens (including phenoxy) is 2. The fourth-order valence-electron chi connectivity index (χ4n) is 4.19. The number of carboxylic acid groups (broad SMARTS) is 2. The van der Waals surface area contributed by atoms with Crippen LogP contribution >= 0.6 is 22.7 Å². The number of benzene rings is 1. The maximum Gasteiger partial charge on any atom is 0.414 e. The van der Waals surface area contributed by atoms with E-state index in [1.54, 1.807) is 4.90 Å². The third-order valence-corrected chi connectivity index (χ3v) is 7.94. The van der Waals surface area contributed by atoms with Gasteiger partial charge in [0.15, 0.2) is 17.2 Å². The maximum atomic E-state index is 12.6. The molecule has 0 bridgehead atoms. The van der Waals surface area contributed by atoms with Gasteiger partial charge in [-0.3, -0.25) is 4.90 Å². The Morgan fingerprint density at radius 2 is 1.88 bits per heavy atom. The molecule has 33 heavy (non-hydrogen) atoms. The van der Waals surface area contributed by atoms with Gasteiger partial charge >= 0.3 is 18.0 Å². The van der Waals surface area contributed by atoms with Crippen LogP contribution in [-0.2, 0) is 9.53 Å². The number of hydrogen-bond donors (Lipinski definition) is 2. The summed E-state index contributed by atoms with van der Waals surface area (Å²) in [7, 11) is 1.38. The first-order valence-electron chi connectivity index (χ1n) is 10.5. The predicted octanol–water partition coefficient (Wildman–Crippen LogP) is 5.70. The average molecular weight is 490 g/mol. The zero-order valence-corrected chi connectivity index (χ0v) is 19.5. The average Bonchev–Trinajstić information content (AvgIpc) is 3.38. The Bertz CT molecular complexity index is 1190. The fourth-order valence-corrected chi connectivity index (χ4v) is 6.59. The van der Waals surface area contributed by atoms with Gasteiger partial charge in [0.2, 0.25) is 0 Å². The molecule has 2 N–H and O–H groups in total. The van der Waals surface area contributed by atoms with Crippen molar-refractivity contribution >= 4 is 55.8 Å². The number of hydrogen-bond acceptors (Lipinski definition) is 7. The summed E-state index contributed by atoms with van der Waals surface area (Å²) < 4.78 is 11.7. The van der Waals surface area contributed by atoms with Crippen LogP contribution in [0.2, 0.25) is 0 Å². The summed E-state index contributed by atoms with van der Waals surface area (Å²) in [6, 6.07) is 7.61. The van der Waals surface area contributed by atoms with Gasteiger partial charge < -0.3 is 19.7 Å². The van der Waals surface area contributed by atoms with Gasteiger partial charge in [-0.1, -0.05) is 31.4 Å². The smallest absolute Gasteiger partial charge is 0.414 e. The minimum absolute atomic E-state index is 0.0334. The number of aliphatic carboxylic acids is 1. The molecule has 1 aliphatic carbocycles. The monoisotopic (exact) mass is 489 g/mol. The van der Waals surface area contributed by atoms with Gasteiger partial charge in [-0.2, -0.15) is 0 Å². The Morgan fingerprint density at radius 3 is 2.55 bits per heavy atom. The first kappa shape index (κ1) is 23.1. The second kappa shape index (κ2) is 9.80. The van der Waals surface area contributed by atoms with Crippen molar-refractivity contribution in [2.75, 3.05) is 18.6 Å². The van der Waals surface area contributed by atoms with Crippen LogP contribution in [0.3, 0.4) is 0 Å². The number of carbonyl (C=O) groups is 3. The zero-order chi connectivity index (χ0) is 23.5. The Hall–Kier alpha value is -3.11. The van der Waals surface area contributed by atoms with Crippen LogP contribution in [0.15, 0.2) is 29.6 Å². The molecular weight excluding hydrogens is 466 g/mol. The first-order chi connectivity index (χ1) is 15.9. The van der Waals surface area contributed by atoms with Gasteiger partial charge in [-0.25, -0.2) is 14.4 Å². The lowest BCUT2D eigenvalue weighted by Gasteiger charge is -2.33. The molecule has 4 rings (SSSR count). The number of amides is 1. The van der Waals surface area contributed by atoms with Crippen molar-refractivity contribution in [2.24, 2.45) is 0 Å². The Kier molecular flexibility index (Phi) is 6.85. The summed E-state index contributed by atoms with van der Waals surface area (Å²) in [5, 5.41) is 20.4. The minimum atomic E-state index is -1.18. The van der Waals surface area contributed by atoms with Crippen LogP contribution < -0.4 is 9.64 Å². The number of aromatic carboxylic acids is 1. The summed E-state index contributed by atoms with van der Waals surface area (Å²) in [5.74, 6) is -2.27. The van der Waals surface area contributed by atoms with E-state index in [-0.39, 0.29) is 16.7 Å². The molecule has 1 amide bonds. The fraction of sp³-hybridized carbons (Fsp3) is 0.348. The number of anilines is 1. The maximum absolute atomic E-state index is 12.6. The van der Waals surface area contributed by atoms with Crippen molar-refractivity contribution < 1.29 is 34.1 Å². The summed E-state index contributed by atoms with van der Waals surface area (Å²) >= 11 is 2.35. The number of nitrogens with zero attached hydrogens (tertiary/aromatic N) is 1. The molecule has 0 saturated heterocycles. The van der Waals surface area contributed by atoms with Crippen molar-refractivity contribution in [3.05, 3.63) is 34.5 Å². The normalized spacial score (nSPS) is 14.2. The molecule has 0 spiro atoms. The molecule has 1 saturated carbocycles. The number of rotatable bonds is 7. The quantitative estimate of drug-likeness (QED) is 0.438. The number of carboxylic acids is 2. The van der Waals surface area contributed by atoms with Crippen molar-refractivity contribution in [3.63, 3.8) is 0 Å². The van der Waals surface area contributed by atoms with E-state index in [1.807, 2.05) is 29.6 Å². The van der Waals surface area contributed by atoms with Gasteiger partial charge in [0.1, 0.15) is 0 Å². The van der Waals surface area contributed by atoms with E-state index in [0.717, 1.165) is 60.3 Å². The highest BCUT2D eigenvalue weighted by Crippen LogP contribution is 2.47. The molecule has 174 valence electrons. The lowest BCUT2D eigenvalue weighted by atomic mass is 9.94. The first-order valence-corrected chi connectivity index (χ1v) is 12.2. The van der Waals surface area contributed by atoms with Crippen molar-refractivity contribution in [2.45, 2.75) is 38.1 Å². The summed E-state index contributed by atoms with van der Waals surface area (Å²) in [6.07, 6.45) is 4.72. The van der Waals surface area contributed by atoms with Crippen LogP contribution in [0, 0.1) is 0 Å². The SMILES string of the molecule is COC(=O)N(c1cccc(-c2csc3c(OCC(=O)O)c(C(=O)O)sc23)c1)C1CCCCC1. The third kappa shape index (κ3) is 4.67. The lowest BCUT2D eigenvalue weighted by molar-refractivity contribution is -0.139.